The number of esters is 2. The minimum Gasteiger partial charge on any atom is -0.756 e. The average molecular weight is 798 g/mol. The van der Waals surface area contributed by atoms with Gasteiger partial charge in [0.1, 0.15) is 19.8 Å². The van der Waals surface area contributed by atoms with E-state index in [4.69, 9.17) is 18.5 Å². The number of carbonyl (C=O) groups excluding carboxylic acids is 2. The summed E-state index contributed by atoms with van der Waals surface area (Å²) in [4.78, 5) is 37.5. The fourth-order valence-corrected chi connectivity index (χ4v) is 6.69. The molecule has 10 heteroatoms. The monoisotopic (exact) mass is 798 g/mol. The second-order valence-electron chi connectivity index (χ2n) is 16.0. The average Bonchev–Trinajstić information content (AvgIpc) is 3.13. The number of quaternary nitrogens is 1. The van der Waals surface area contributed by atoms with Crippen molar-refractivity contribution in [2.45, 2.75) is 193 Å². The van der Waals surface area contributed by atoms with Crippen molar-refractivity contribution in [3.05, 3.63) is 36.5 Å². The Balaban J connectivity index is 4.33. The van der Waals surface area contributed by atoms with E-state index in [1.807, 2.05) is 21.1 Å². The van der Waals surface area contributed by atoms with Crippen molar-refractivity contribution >= 4 is 19.8 Å². The van der Waals surface area contributed by atoms with Gasteiger partial charge in [-0.2, -0.15) is 0 Å². The summed E-state index contributed by atoms with van der Waals surface area (Å²) in [6, 6.07) is 0. The van der Waals surface area contributed by atoms with Crippen LogP contribution in [0.3, 0.4) is 0 Å². The molecule has 2 atom stereocenters. The highest BCUT2D eigenvalue weighted by Crippen LogP contribution is 2.38. The minimum absolute atomic E-state index is 0.0361. The number of phosphoric acid groups is 1. The smallest absolute Gasteiger partial charge is 0.306 e. The lowest BCUT2D eigenvalue weighted by Crippen LogP contribution is -2.37. The number of rotatable bonds is 40. The number of likely N-dealkylation sites (N-methyl/N-ethyl adjacent to an activating group) is 1. The molecular weight excluding hydrogens is 713 g/mol. The normalized spacial score (nSPS) is 13.9. The summed E-state index contributed by atoms with van der Waals surface area (Å²) in [5.41, 5.74) is 0. The third kappa shape index (κ3) is 41.7. The minimum atomic E-state index is -4.63. The lowest BCUT2D eigenvalue weighted by molar-refractivity contribution is -0.870. The van der Waals surface area contributed by atoms with Gasteiger partial charge in [-0.05, 0) is 44.9 Å². The molecule has 0 aromatic rings. The zero-order valence-corrected chi connectivity index (χ0v) is 37.0. The van der Waals surface area contributed by atoms with Crippen LogP contribution in [-0.2, 0) is 32.7 Å². The predicted octanol–water partition coefficient (Wildman–Crippen LogP) is 11.9. The fourth-order valence-electron chi connectivity index (χ4n) is 5.96. The molecule has 0 rings (SSSR count). The van der Waals surface area contributed by atoms with Crippen molar-refractivity contribution in [1.82, 2.24) is 0 Å². The SMILES string of the molecule is CC/C=C\C/C=C\C/C=C\CCCCCC(=O)OC(COC(=O)CCCCCCCCCCCCCCCCCCCC)COP(=O)([O-])OCC[N+](C)(C)C. The number of allylic oxidation sites excluding steroid dienone is 6. The fraction of sp³-hybridized carbons (Fsp3) is 0.822. The molecule has 322 valence electrons. The maximum absolute atomic E-state index is 12.6. The van der Waals surface area contributed by atoms with E-state index >= 15 is 0 Å². The molecule has 0 amide bonds. The maximum atomic E-state index is 12.6. The third-order valence-electron chi connectivity index (χ3n) is 9.42. The molecule has 0 radical (unpaired) electrons. The Morgan fingerprint density at radius 3 is 1.55 bits per heavy atom. The van der Waals surface area contributed by atoms with Crippen LogP contribution >= 0.6 is 7.82 Å². The Bertz CT molecular complexity index is 1040. The number of unbranched alkanes of at least 4 members (excludes halogenated alkanes) is 20. The molecule has 2 unspecified atom stereocenters. The van der Waals surface area contributed by atoms with E-state index in [1.165, 1.54) is 96.3 Å². The first-order valence-electron chi connectivity index (χ1n) is 22.2. The first kappa shape index (κ1) is 53.2. The molecule has 0 bridgehead atoms. The molecule has 0 heterocycles. The number of ether oxygens (including phenoxy) is 2. The summed E-state index contributed by atoms with van der Waals surface area (Å²) in [7, 11) is 1.15. The van der Waals surface area contributed by atoms with E-state index < -0.39 is 26.5 Å². The summed E-state index contributed by atoms with van der Waals surface area (Å²) in [6.45, 7) is 4.09. The molecule has 55 heavy (non-hydrogen) atoms. The van der Waals surface area contributed by atoms with E-state index in [0.29, 0.717) is 17.4 Å². The molecule has 0 aromatic carbocycles. The Kier molecular flexibility index (Phi) is 36.6. The molecule has 0 aliphatic rings. The number of nitrogens with zero attached hydrogens (tertiary/aromatic N) is 1. The second-order valence-corrected chi connectivity index (χ2v) is 17.4. The van der Waals surface area contributed by atoms with Crippen molar-refractivity contribution in [3.8, 4) is 0 Å². The molecule has 0 saturated heterocycles. The Morgan fingerprint density at radius 2 is 1.04 bits per heavy atom. The highest BCUT2D eigenvalue weighted by atomic mass is 31.2. The van der Waals surface area contributed by atoms with Crippen LogP contribution in [0.4, 0.5) is 0 Å². The molecule has 0 saturated carbocycles. The summed E-state index contributed by atoms with van der Waals surface area (Å²) < 4.78 is 33.8. The number of hydrogen-bond donors (Lipinski definition) is 0. The first-order chi connectivity index (χ1) is 26.5. The molecule has 9 nitrogen and oxygen atoms in total. The lowest BCUT2D eigenvalue weighted by Gasteiger charge is -2.28. The topological polar surface area (TPSA) is 111 Å². The largest absolute Gasteiger partial charge is 0.756 e. The van der Waals surface area contributed by atoms with Crippen LogP contribution in [0.25, 0.3) is 0 Å². The standard InChI is InChI=1S/C45H84NO8P/c1-6-8-10-12-14-16-18-20-21-22-23-24-26-27-29-31-33-35-37-44(47)51-41-43(42-53-55(49,50)52-40-39-46(3,4)5)54-45(48)38-36-34-32-30-28-25-19-17-15-13-11-9-7-2/h9,11,15,17,25,28,43H,6-8,10,12-14,16,18-24,26-27,29-42H2,1-5H3/b11-9-,17-15-,28-25-. The van der Waals surface area contributed by atoms with Crippen molar-refractivity contribution in [3.63, 3.8) is 0 Å². The van der Waals surface area contributed by atoms with Crippen LogP contribution in [0, 0.1) is 0 Å². The van der Waals surface area contributed by atoms with Gasteiger partial charge in [0.2, 0.25) is 0 Å². The van der Waals surface area contributed by atoms with Crippen LogP contribution in [-0.4, -0.2) is 70.0 Å². The van der Waals surface area contributed by atoms with Gasteiger partial charge in [0, 0.05) is 12.8 Å². The predicted molar refractivity (Wildman–Crippen MR) is 227 cm³/mol. The quantitative estimate of drug-likeness (QED) is 0.0198. The van der Waals surface area contributed by atoms with Crippen LogP contribution < -0.4 is 4.89 Å². The van der Waals surface area contributed by atoms with Gasteiger partial charge in [0.05, 0.1) is 27.7 Å². The number of carbonyl (C=O) groups is 2. The molecule has 0 aliphatic heterocycles. The first-order valence-corrected chi connectivity index (χ1v) is 23.7. The van der Waals surface area contributed by atoms with E-state index in [2.05, 4.69) is 50.3 Å². The van der Waals surface area contributed by atoms with E-state index in [1.54, 1.807) is 0 Å². The van der Waals surface area contributed by atoms with Gasteiger partial charge in [0.25, 0.3) is 7.82 Å². The molecule has 0 spiro atoms. The molecular formula is C45H84NO8P. The summed E-state index contributed by atoms with van der Waals surface area (Å²) in [6.07, 6.45) is 41.8. The van der Waals surface area contributed by atoms with Gasteiger partial charge in [-0.15, -0.1) is 0 Å². The number of hydrogen-bond acceptors (Lipinski definition) is 8. The third-order valence-corrected chi connectivity index (χ3v) is 10.4. The maximum Gasteiger partial charge on any atom is 0.306 e. The second kappa shape index (κ2) is 37.8. The molecule has 0 fully saturated rings. The van der Waals surface area contributed by atoms with E-state index in [0.717, 1.165) is 57.8 Å². The zero-order valence-electron chi connectivity index (χ0n) is 36.1. The Morgan fingerprint density at radius 1 is 0.582 bits per heavy atom. The highest BCUT2D eigenvalue weighted by Gasteiger charge is 2.21. The van der Waals surface area contributed by atoms with Crippen molar-refractivity contribution in [2.75, 3.05) is 47.5 Å². The Labute approximate surface area is 338 Å². The highest BCUT2D eigenvalue weighted by molar-refractivity contribution is 7.45. The van der Waals surface area contributed by atoms with E-state index in [-0.39, 0.29) is 32.0 Å². The van der Waals surface area contributed by atoms with Crippen molar-refractivity contribution in [1.29, 1.82) is 0 Å². The van der Waals surface area contributed by atoms with E-state index in [9.17, 15) is 19.0 Å². The van der Waals surface area contributed by atoms with Crippen molar-refractivity contribution < 1.29 is 42.1 Å². The lowest BCUT2D eigenvalue weighted by atomic mass is 10.0. The molecule has 0 N–H and O–H groups in total. The van der Waals surface area contributed by atoms with Gasteiger partial charge in [-0.25, -0.2) is 0 Å². The summed E-state index contributed by atoms with van der Waals surface area (Å²) in [5.74, 6) is -0.864. The Hall–Kier alpha value is -1.77. The van der Waals surface area contributed by atoms with Crippen molar-refractivity contribution in [2.24, 2.45) is 0 Å². The van der Waals surface area contributed by atoms with Gasteiger partial charge < -0.3 is 27.9 Å². The number of phosphoric ester groups is 1. The summed E-state index contributed by atoms with van der Waals surface area (Å²) in [5, 5.41) is 0. The van der Waals surface area contributed by atoms with Gasteiger partial charge >= 0.3 is 11.9 Å². The molecule has 0 aliphatic carbocycles. The molecule has 0 aromatic heterocycles. The summed E-state index contributed by atoms with van der Waals surface area (Å²) >= 11 is 0. The van der Waals surface area contributed by atoms with Crippen LogP contribution in [0.1, 0.15) is 187 Å². The van der Waals surface area contributed by atoms with Gasteiger partial charge in [-0.3, -0.25) is 14.2 Å². The van der Waals surface area contributed by atoms with Crippen LogP contribution in [0.5, 0.6) is 0 Å². The van der Waals surface area contributed by atoms with Gasteiger partial charge in [-0.1, -0.05) is 166 Å². The van der Waals surface area contributed by atoms with Crippen LogP contribution in [0.2, 0.25) is 0 Å². The zero-order chi connectivity index (χ0) is 40.7. The van der Waals surface area contributed by atoms with Gasteiger partial charge in [0.15, 0.2) is 6.10 Å². The van der Waals surface area contributed by atoms with Crippen LogP contribution in [0.15, 0.2) is 36.5 Å².